The minimum absolute atomic E-state index is 0.0988. The number of carbonyl (C=O) groups excluding carboxylic acids is 3. The predicted octanol–water partition coefficient (Wildman–Crippen LogP) is 0.260. The minimum atomic E-state index is -0.741. The van der Waals surface area contributed by atoms with Gasteiger partial charge in [-0.2, -0.15) is 0 Å². The molecule has 0 saturated carbocycles. The summed E-state index contributed by atoms with van der Waals surface area (Å²) in [6, 6.07) is 8.80. The first-order chi connectivity index (χ1) is 15.0. The van der Waals surface area contributed by atoms with E-state index >= 15 is 0 Å². The van der Waals surface area contributed by atoms with Crippen LogP contribution in [0.3, 0.4) is 0 Å². The number of rotatable bonds is 16. The number of esters is 1. The topological polar surface area (TPSA) is 154 Å². The summed E-state index contributed by atoms with van der Waals surface area (Å²) >= 11 is 0. The molecule has 174 valence electrons. The summed E-state index contributed by atoms with van der Waals surface area (Å²) in [6.07, 6.45) is 3.03. The van der Waals surface area contributed by atoms with Crippen LogP contribution in [0, 0.1) is 0 Å². The number of carbonyl (C=O) groups is 3. The van der Waals surface area contributed by atoms with Gasteiger partial charge < -0.3 is 32.2 Å². The molecule has 1 aromatic carbocycles. The van der Waals surface area contributed by atoms with E-state index in [0.29, 0.717) is 45.6 Å². The van der Waals surface area contributed by atoms with Crippen LogP contribution in [0.5, 0.6) is 0 Å². The molecule has 9 heteroatoms. The summed E-state index contributed by atoms with van der Waals surface area (Å²) < 4.78 is 5.23. The number of nitrogens with zero attached hydrogens (tertiary/aromatic N) is 1. The summed E-state index contributed by atoms with van der Waals surface area (Å²) in [6.45, 7) is 2.37. The van der Waals surface area contributed by atoms with E-state index in [9.17, 15) is 14.4 Å². The van der Waals surface area contributed by atoms with Gasteiger partial charge in [0.2, 0.25) is 11.8 Å². The van der Waals surface area contributed by atoms with E-state index in [1.54, 1.807) is 4.90 Å². The second kappa shape index (κ2) is 16.2. The SMILES string of the molecule is NCCN(CCN)C(=O)CCC(N)C(=O)NCCCCCC(=O)OCc1ccccc1. The van der Waals surface area contributed by atoms with Gasteiger partial charge in [0.1, 0.15) is 6.61 Å². The van der Waals surface area contributed by atoms with Gasteiger partial charge in [-0.1, -0.05) is 36.8 Å². The van der Waals surface area contributed by atoms with E-state index in [1.807, 2.05) is 30.3 Å². The van der Waals surface area contributed by atoms with Crippen molar-refractivity contribution < 1.29 is 19.1 Å². The van der Waals surface area contributed by atoms with E-state index in [2.05, 4.69) is 5.32 Å². The van der Waals surface area contributed by atoms with Gasteiger partial charge in [0, 0.05) is 45.6 Å². The maximum absolute atomic E-state index is 12.2. The fourth-order valence-corrected chi connectivity index (χ4v) is 2.97. The number of amides is 2. The van der Waals surface area contributed by atoms with E-state index < -0.39 is 6.04 Å². The van der Waals surface area contributed by atoms with Crippen molar-refractivity contribution in [1.82, 2.24) is 10.2 Å². The molecule has 0 saturated heterocycles. The fraction of sp³-hybridized carbons (Fsp3) is 0.591. The summed E-state index contributed by atoms with van der Waals surface area (Å²) in [5, 5.41) is 2.78. The normalized spacial score (nSPS) is 11.6. The molecule has 1 atom stereocenters. The van der Waals surface area contributed by atoms with E-state index in [4.69, 9.17) is 21.9 Å². The lowest BCUT2D eigenvalue weighted by atomic mass is 10.1. The number of benzene rings is 1. The van der Waals surface area contributed by atoms with Crippen molar-refractivity contribution in [1.29, 1.82) is 0 Å². The van der Waals surface area contributed by atoms with Gasteiger partial charge in [0.25, 0.3) is 0 Å². The molecule has 0 aliphatic heterocycles. The van der Waals surface area contributed by atoms with Crippen molar-refractivity contribution in [2.24, 2.45) is 17.2 Å². The van der Waals surface area contributed by atoms with Crippen molar-refractivity contribution in [2.45, 2.75) is 51.2 Å². The van der Waals surface area contributed by atoms with Crippen molar-refractivity contribution in [2.75, 3.05) is 32.7 Å². The second-order valence-electron chi connectivity index (χ2n) is 7.35. The third-order valence-electron chi connectivity index (χ3n) is 4.76. The van der Waals surface area contributed by atoms with Crippen molar-refractivity contribution >= 4 is 17.8 Å². The second-order valence-corrected chi connectivity index (χ2v) is 7.35. The van der Waals surface area contributed by atoms with Crippen molar-refractivity contribution in [3.8, 4) is 0 Å². The molecule has 0 aliphatic rings. The number of ether oxygens (including phenoxy) is 1. The number of hydrogen-bond donors (Lipinski definition) is 4. The average molecular weight is 436 g/mol. The van der Waals surface area contributed by atoms with Crippen LogP contribution in [-0.4, -0.2) is 61.4 Å². The molecule has 1 aromatic rings. The Hall–Kier alpha value is -2.49. The smallest absolute Gasteiger partial charge is 0.306 e. The van der Waals surface area contributed by atoms with E-state index in [-0.39, 0.29) is 37.2 Å². The van der Waals surface area contributed by atoms with Crippen LogP contribution in [0.1, 0.15) is 44.1 Å². The molecule has 1 rings (SSSR count). The molecule has 31 heavy (non-hydrogen) atoms. The Kier molecular flexibility index (Phi) is 13.9. The largest absolute Gasteiger partial charge is 0.461 e. The lowest BCUT2D eigenvalue weighted by Crippen LogP contribution is -2.43. The lowest BCUT2D eigenvalue weighted by molar-refractivity contribution is -0.145. The Balaban J connectivity index is 2.09. The molecule has 9 nitrogen and oxygen atoms in total. The Labute approximate surface area is 184 Å². The highest BCUT2D eigenvalue weighted by molar-refractivity contribution is 5.83. The Bertz CT molecular complexity index is 651. The molecular weight excluding hydrogens is 398 g/mol. The van der Waals surface area contributed by atoms with Crippen LogP contribution in [0.2, 0.25) is 0 Å². The number of nitrogens with one attached hydrogen (secondary N) is 1. The summed E-state index contributed by atoms with van der Waals surface area (Å²) in [7, 11) is 0. The standard InChI is InChI=1S/C22H37N5O4/c23-12-15-27(16-13-24)20(28)11-10-19(25)22(30)26-14-6-2-5-9-21(29)31-17-18-7-3-1-4-8-18/h1,3-4,7-8,19H,2,5-6,9-17,23-25H2,(H,26,30). The highest BCUT2D eigenvalue weighted by atomic mass is 16.5. The summed E-state index contributed by atoms with van der Waals surface area (Å²) in [5.74, 6) is -0.601. The molecule has 0 spiro atoms. The van der Waals surface area contributed by atoms with Crippen molar-refractivity contribution in [3.63, 3.8) is 0 Å². The lowest BCUT2D eigenvalue weighted by Gasteiger charge is -2.22. The highest BCUT2D eigenvalue weighted by Gasteiger charge is 2.17. The molecule has 1 unspecified atom stereocenters. The van der Waals surface area contributed by atoms with Gasteiger partial charge >= 0.3 is 5.97 Å². The molecule has 0 aliphatic carbocycles. The molecule has 0 fully saturated rings. The van der Waals surface area contributed by atoms with Crippen LogP contribution in [0.25, 0.3) is 0 Å². The first kappa shape index (κ1) is 26.5. The van der Waals surface area contributed by atoms with Crippen molar-refractivity contribution in [3.05, 3.63) is 35.9 Å². The van der Waals surface area contributed by atoms with Gasteiger partial charge in [0.15, 0.2) is 0 Å². The van der Waals surface area contributed by atoms with Crippen LogP contribution >= 0.6 is 0 Å². The highest BCUT2D eigenvalue weighted by Crippen LogP contribution is 2.05. The molecule has 7 N–H and O–H groups in total. The molecule has 0 bridgehead atoms. The number of nitrogens with two attached hydrogens (primary N) is 3. The van der Waals surface area contributed by atoms with Gasteiger partial charge in [0.05, 0.1) is 6.04 Å². The average Bonchev–Trinajstić information content (AvgIpc) is 2.78. The Morgan fingerprint density at radius 1 is 0.968 bits per heavy atom. The molecule has 0 radical (unpaired) electrons. The van der Waals surface area contributed by atoms with Crippen LogP contribution in [-0.2, 0) is 25.7 Å². The molecule has 2 amide bonds. The van der Waals surface area contributed by atoms with Gasteiger partial charge in [-0.05, 0) is 24.8 Å². The first-order valence-electron chi connectivity index (χ1n) is 10.9. The zero-order valence-corrected chi connectivity index (χ0v) is 18.3. The molecular formula is C22H37N5O4. The Morgan fingerprint density at radius 2 is 1.65 bits per heavy atom. The maximum atomic E-state index is 12.2. The van der Waals surface area contributed by atoms with Gasteiger partial charge in [-0.25, -0.2) is 0 Å². The summed E-state index contributed by atoms with van der Waals surface area (Å²) in [4.78, 5) is 37.6. The monoisotopic (exact) mass is 435 g/mol. The zero-order chi connectivity index (χ0) is 22.9. The third-order valence-corrected chi connectivity index (χ3v) is 4.76. The Morgan fingerprint density at radius 3 is 2.29 bits per heavy atom. The number of hydrogen-bond acceptors (Lipinski definition) is 7. The van der Waals surface area contributed by atoms with E-state index in [1.165, 1.54) is 0 Å². The quantitative estimate of drug-likeness (QED) is 0.214. The molecule has 0 aromatic heterocycles. The third kappa shape index (κ3) is 12.1. The van der Waals surface area contributed by atoms with Crippen LogP contribution in [0.15, 0.2) is 30.3 Å². The predicted molar refractivity (Wildman–Crippen MR) is 120 cm³/mol. The number of unbranched alkanes of at least 4 members (excludes halogenated alkanes) is 2. The van der Waals surface area contributed by atoms with E-state index in [0.717, 1.165) is 18.4 Å². The van der Waals surface area contributed by atoms with Crippen LogP contribution < -0.4 is 22.5 Å². The van der Waals surface area contributed by atoms with Crippen LogP contribution in [0.4, 0.5) is 0 Å². The maximum Gasteiger partial charge on any atom is 0.306 e. The zero-order valence-electron chi connectivity index (χ0n) is 18.3. The molecule has 0 heterocycles. The van der Waals surface area contributed by atoms with Gasteiger partial charge in [-0.3, -0.25) is 14.4 Å². The first-order valence-corrected chi connectivity index (χ1v) is 10.9. The fourth-order valence-electron chi connectivity index (χ4n) is 2.97. The minimum Gasteiger partial charge on any atom is -0.461 e. The summed E-state index contributed by atoms with van der Waals surface area (Å²) in [5.41, 5.74) is 17.8. The van der Waals surface area contributed by atoms with Gasteiger partial charge in [-0.15, -0.1) is 0 Å².